The van der Waals surface area contributed by atoms with Crippen molar-refractivity contribution in [1.29, 1.82) is 0 Å². The van der Waals surface area contributed by atoms with Crippen LogP contribution in [-0.2, 0) is 0 Å². The maximum absolute atomic E-state index is 5.81. The highest BCUT2D eigenvalue weighted by atomic mass is 79.9. The molecule has 0 spiro atoms. The first-order valence-electron chi connectivity index (χ1n) is 5.48. The first kappa shape index (κ1) is 13.2. The van der Waals surface area contributed by atoms with E-state index >= 15 is 0 Å². The molecule has 0 aliphatic carbocycles. The fourth-order valence-corrected chi connectivity index (χ4v) is 2.18. The minimum absolute atomic E-state index is 0.570. The van der Waals surface area contributed by atoms with Crippen LogP contribution in [0.15, 0.2) is 47.1 Å². The van der Waals surface area contributed by atoms with E-state index < -0.39 is 0 Å². The number of anilines is 1. The predicted octanol–water partition coefficient (Wildman–Crippen LogP) is 3.99. The van der Waals surface area contributed by atoms with Gasteiger partial charge in [0.15, 0.2) is 0 Å². The molecule has 0 aliphatic rings. The van der Waals surface area contributed by atoms with Crippen LogP contribution in [0.3, 0.4) is 0 Å². The summed E-state index contributed by atoms with van der Waals surface area (Å²) in [6.45, 7) is 1.24. The van der Waals surface area contributed by atoms with Gasteiger partial charge in [0.25, 0.3) is 0 Å². The van der Waals surface area contributed by atoms with E-state index in [9.17, 15) is 0 Å². The Morgan fingerprint density at radius 1 is 1.28 bits per heavy atom. The molecule has 0 fully saturated rings. The van der Waals surface area contributed by atoms with Gasteiger partial charge in [-0.15, -0.1) is 0 Å². The molecule has 1 aromatic carbocycles. The number of pyridine rings is 1. The second-order valence-electron chi connectivity index (χ2n) is 3.57. The third-order valence-electron chi connectivity index (χ3n) is 2.21. The predicted molar refractivity (Wildman–Crippen MR) is 77.4 cm³/mol. The molecule has 2 aromatic rings. The lowest BCUT2D eigenvalue weighted by Crippen LogP contribution is -2.12. The highest BCUT2D eigenvalue weighted by Gasteiger charge is 2.01. The van der Waals surface area contributed by atoms with Gasteiger partial charge in [-0.05, 0) is 34.1 Å². The highest BCUT2D eigenvalue weighted by molar-refractivity contribution is 9.10. The Kier molecular flexibility index (Phi) is 4.84. The van der Waals surface area contributed by atoms with Crippen LogP contribution in [0.4, 0.5) is 5.82 Å². The Bertz CT molecular complexity index is 508. The standard InChI is InChI=1S/C13H12BrClN2O/c14-12-8-10(15)9-17-13(12)16-6-7-18-11-4-2-1-3-5-11/h1-5,8-9H,6-7H2,(H,16,17). The van der Waals surface area contributed by atoms with Gasteiger partial charge in [0.1, 0.15) is 18.2 Å². The van der Waals surface area contributed by atoms with E-state index in [4.69, 9.17) is 16.3 Å². The summed E-state index contributed by atoms with van der Waals surface area (Å²) in [7, 11) is 0. The van der Waals surface area contributed by atoms with Crippen molar-refractivity contribution in [2.75, 3.05) is 18.5 Å². The summed E-state index contributed by atoms with van der Waals surface area (Å²) in [5.41, 5.74) is 0. The number of nitrogens with one attached hydrogen (secondary N) is 1. The molecule has 0 saturated carbocycles. The molecule has 3 nitrogen and oxygen atoms in total. The zero-order valence-corrected chi connectivity index (χ0v) is 11.9. The maximum Gasteiger partial charge on any atom is 0.140 e. The van der Waals surface area contributed by atoms with Crippen LogP contribution in [-0.4, -0.2) is 18.1 Å². The molecule has 0 atom stereocenters. The molecule has 0 amide bonds. The highest BCUT2D eigenvalue weighted by Crippen LogP contribution is 2.22. The quantitative estimate of drug-likeness (QED) is 0.843. The van der Waals surface area contributed by atoms with E-state index in [0.29, 0.717) is 18.2 Å². The Labute approximate surface area is 119 Å². The molecule has 1 N–H and O–H groups in total. The lowest BCUT2D eigenvalue weighted by Gasteiger charge is -2.09. The second kappa shape index (κ2) is 6.61. The average Bonchev–Trinajstić information content (AvgIpc) is 2.38. The Morgan fingerprint density at radius 3 is 2.78 bits per heavy atom. The summed E-state index contributed by atoms with van der Waals surface area (Å²) in [6, 6.07) is 11.5. The monoisotopic (exact) mass is 326 g/mol. The average molecular weight is 328 g/mol. The van der Waals surface area contributed by atoms with E-state index in [-0.39, 0.29) is 0 Å². The lowest BCUT2D eigenvalue weighted by molar-refractivity contribution is 0.332. The van der Waals surface area contributed by atoms with Gasteiger partial charge in [-0.2, -0.15) is 0 Å². The van der Waals surface area contributed by atoms with E-state index in [0.717, 1.165) is 16.0 Å². The number of benzene rings is 1. The lowest BCUT2D eigenvalue weighted by atomic mass is 10.3. The van der Waals surface area contributed by atoms with Gasteiger partial charge >= 0.3 is 0 Å². The fraction of sp³-hybridized carbons (Fsp3) is 0.154. The van der Waals surface area contributed by atoms with Crippen molar-refractivity contribution >= 4 is 33.3 Å². The van der Waals surface area contributed by atoms with Crippen LogP contribution in [0.25, 0.3) is 0 Å². The van der Waals surface area contributed by atoms with Gasteiger partial charge in [0.05, 0.1) is 16.0 Å². The van der Waals surface area contributed by atoms with Crippen LogP contribution in [0.1, 0.15) is 0 Å². The Hall–Kier alpha value is -1.26. The van der Waals surface area contributed by atoms with Crippen molar-refractivity contribution in [3.63, 3.8) is 0 Å². The van der Waals surface area contributed by atoms with Crippen LogP contribution in [0.5, 0.6) is 5.75 Å². The number of aromatic nitrogens is 1. The maximum atomic E-state index is 5.81. The number of ether oxygens (including phenoxy) is 1. The zero-order valence-electron chi connectivity index (χ0n) is 9.57. The van der Waals surface area contributed by atoms with Crippen molar-refractivity contribution in [3.05, 3.63) is 52.1 Å². The molecular formula is C13H12BrClN2O. The van der Waals surface area contributed by atoms with Crippen LogP contribution < -0.4 is 10.1 Å². The molecule has 0 bridgehead atoms. The number of para-hydroxylation sites is 1. The first-order valence-corrected chi connectivity index (χ1v) is 6.65. The molecule has 2 rings (SSSR count). The number of rotatable bonds is 5. The SMILES string of the molecule is Clc1cnc(NCCOc2ccccc2)c(Br)c1. The van der Waals surface area contributed by atoms with Crippen molar-refractivity contribution in [2.24, 2.45) is 0 Å². The first-order chi connectivity index (χ1) is 8.75. The smallest absolute Gasteiger partial charge is 0.140 e. The summed E-state index contributed by atoms with van der Waals surface area (Å²) in [5.74, 6) is 1.62. The normalized spacial score (nSPS) is 10.1. The van der Waals surface area contributed by atoms with Crippen LogP contribution >= 0.6 is 27.5 Å². The largest absolute Gasteiger partial charge is 0.492 e. The number of nitrogens with zero attached hydrogens (tertiary/aromatic N) is 1. The summed E-state index contributed by atoms with van der Waals surface area (Å²) in [4.78, 5) is 4.18. The second-order valence-corrected chi connectivity index (χ2v) is 4.86. The van der Waals surface area contributed by atoms with E-state index in [1.807, 2.05) is 30.3 Å². The molecule has 0 saturated heterocycles. The van der Waals surface area contributed by atoms with Gasteiger partial charge in [0.2, 0.25) is 0 Å². The van der Waals surface area contributed by atoms with Gasteiger partial charge in [0, 0.05) is 6.20 Å². The summed E-state index contributed by atoms with van der Waals surface area (Å²) in [5, 5.41) is 3.77. The van der Waals surface area contributed by atoms with Crippen molar-refractivity contribution in [3.8, 4) is 5.75 Å². The number of halogens is 2. The van der Waals surface area contributed by atoms with Crippen molar-refractivity contribution in [1.82, 2.24) is 4.98 Å². The van der Waals surface area contributed by atoms with Gasteiger partial charge in [-0.3, -0.25) is 0 Å². The molecule has 0 unspecified atom stereocenters. The van der Waals surface area contributed by atoms with Crippen LogP contribution in [0, 0.1) is 0 Å². The number of hydrogen-bond donors (Lipinski definition) is 1. The van der Waals surface area contributed by atoms with Gasteiger partial charge < -0.3 is 10.1 Å². The molecule has 0 radical (unpaired) electrons. The summed E-state index contributed by atoms with van der Waals surface area (Å²) < 4.78 is 6.40. The van der Waals surface area contributed by atoms with Crippen LogP contribution in [0.2, 0.25) is 5.02 Å². The Morgan fingerprint density at radius 2 is 2.06 bits per heavy atom. The molecule has 5 heteroatoms. The van der Waals surface area contributed by atoms with E-state index in [2.05, 4.69) is 26.2 Å². The fourth-order valence-electron chi connectivity index (χ4n) is 1.40. The summed E-state index contributed by atoms with van der Waals surface area (Å²) in [6.07, 6.45) is 1.60. The van der Waals surface area contributed by atoms with Gasteiger partial charge in [-0.25, -0.2) is 4.98 Å². The minimum atomic E-state index is 0.570. The topological polar surface area (TPSA) is 34.2 Å². The molecule has 0 aliphatic heterocycles. The van der Waals surface area contributed by atoms with Gasteiger partial charge in [-0.1, -0.05) is 29.8 Å². The molecular weight excluding hydrogens is 316 g/mol. The van der Waals surface area contributed by atoms with Crippen molar-refractivity contribution < 1.29 is 4.74 Å². The molecule has 94 valence electrons. The third kappa shape index (κ3) is 3.89. The third-order valence-corrected chi connectivity index (χ3v) is 3.03. The molecule has 18 heavy (non-hydrogen) atoms. The molecule has 1 aromatic heterocycles. The summed E-state index contributed by atoms with van der Waals surface area (Å²) >= 11 is 9.21. The van der Waals surface area contributed by atoms with E-state index in [1.54, 1.807) is 12.3 Å². The molecule has 1 heterocycles. The van der Waals surface area contributed by atoms with E-state index in [1.165, 1.54) is 0 Å². The van der Waals surface area contributed by atoms with Crippen molar-refractivity contribution in [2.45, 2.75) is 0 Å². The Balaban J connectivity index is 1.79. The zero-order chi connectivity index (χ0) is 12.8. The minimum Gasteiger partial charge on any atom is -0.492 e. The number of hydrogen-bond acceptors (Lipinski definition) is 3.